The van der Waals surface area contributed by atoms with Gasteiger partial charge in [-0.25, -0.2) is 4.98 Å². The number of hydrogen-bond donors (Lipinski definition) is 2. The molecule has 6 nitrogen and oxygen atoms in total. The van der Waals surface area contributed by atoms with E-state index in [2.05, 4.69) is 23.8 Å². The van der Waals surface area contributed by atoms with Gasteiger partial charge < -0.3 is 14.4 Å². The van der Waals surface area contributed by atoms with E-state index >= 15 is 0 Å². The van der Waals surface area contributed by atoms with Gasteiger partial charge in [0.1, 0.15) is 23.3 Å². The number of phenolic OH excluding ortho intramolecular Hbond substituents is 1. The van der Waals surface area contributed by atoms with Gasteiger partial charge in [-0.1, -0.05) is 26.0 Å². The summed E-state index contributed by atoms with van der Waals surface area (Å²) in [5.74, 6) is 1.27. The second-order valence-electron chi connectivity index (χ2n) is 6.90. The molecule has 4 rings (SSSR count). The van der Waals surface area contributed by atoms with Crippen molar-refractivity contribution >= 4 is 0 Å². The summed E-state index contributed by atoms with van der Waals surface area (Å²) in [6.45, 7) is 4.93. The lowest BCUT2D eigenvalue weighted by atomic mass is 9.84. The normalized spacial score (nSPS) is 15.3. The van der Waals surface area contributed by atoms with Crippen LogP contribution in [0.3, 0.4) is 0 Å². The molecule has 132 valence electrons. The average Bonchev–Trinajstić information content (AvgIpc) is 2.62. The number of nitrogens with zero attached hydrogens (tertiary/aromatic N) is 3. The maximum atomic E-state index is 9.84. The molecule has 0 aliphatic carbocycles. The van der Waals surface area contributed by atoms with Crippen LogP contribution in [0, 0.1) is 11.3 Å². The van der Waals surface area contributed by atoms with Crippen LogP contribution in [0.2, 0.25) is 0 Å². The van der Waals surface area contributed by atoms with E-state index in [1.54, 1.807) is 30.9 Å². The summed E-state index contributed by atoms with van der Waals surface area (Å²) in [6, 6.07) is 8.93. The zero-order valence-electron chi connectivity index (χ0n) is 14.7. The monoisotopic (exact) mass is 348 g/mol. The Kier molecular flexibility index (Phi) is 3.95. The van der Waals surface area contributed by atoms with Crippen molar-refractivity contribution in [2.75, 3.05) is 0 Å². The summed E-state index contributed by atoms with van der Waals surface area (Å²) >= 11 is 0. The Morgan fingerprint density at radius 1 is 1.31 bits per heavy atom. The number of pyridine rings is 1. The number of phenols is 1. The third kappa shape index (κ3) is 2.73. The largest absolute Gasteiger partial charge is 0.508 e. The molecule has 1 aliphatic rings. The van der Waals surface area contributed by atoms with Crippen LogP contribution in [0.4, 0.5) is 0 Å². The predicted octanol–water partition coefficient (Wildman–Crippen LogP) is 3.41. The lowest BCUT2D eigenvalue weighted by molar-refractivity contribution is 0.407. The van der Waals surface area contributed by atoms with E-state index in [9.17, 15) is 5.11 Å². The minimum Gasteiger partial charge on any atom is -0.508 e. The summed E-state index contributed by atoms with van der Waals surface area (Å²) < 4.78 is 7.77. The summed E-state index contributed by atoms with van der Waals surface area (Å²) in [4.78, 5) is 8.70. The molecule has 0 saturated heterocycles. The molecular formula is C20H20N4O2. The van der Waals surface area contributed by atoms with E-state index in [1.807, 2.05) is 22.8 Å². The minimum absolute atomic E-state index is 0.133. The lowest BCUT2D eigenvalue weighted by Crippen LogP contribution is -2.30. The van der Waals surface area contributed by atoms with Crippen LogP contribution >= 0.6 is 0 Å². The number of aromatic nitrogens is 3. The molecule has 0 radical (unpaired) electrons. The van der Waals surface area contributed by atoms with Gasteiger partial charge in [0.2, 0.25) is 5.88 Å². The number of aromatic hydroxyl groups is 1. The average molecular weight is 348 g/mol. The Hall–Kier alpha value is -3.15. The molecule has 1 aliphatic heterocycles. The van der Waals surface area contributed by atoms with Crippen LogP contribution in [0.1, 0.15) is 36.5 Å². The third-order valence-corrected chi connectivity index (χ3v) is 4.47. The first kappa shape index (κ1) is 16.3. The second kappa shape index (κ2) is 6.29. The van der Waals surface area contributed by atoms with Crippen molar-refractivity contribution in [1.82, 2.24) is 14.5 Å². The highest BCUT2D eigenvalue weighted by atomic mass is 16.5. The van der Waals surface area contributed by atoms with Gasteiger partial charge in [-0.3, -0.25) is 10.4 Å². The van der Waals surface area contributed by atoms with Crippen molar-refractivity contribution in [3.05, 3.63) is 71.2 Å². The summed E-state index contributed by atoms with van der Waals surface area (Å²) in [5, 5.41) is 18.6. The fourth-order valence-corrected chi connectivity index (χ4v) is 3.38. The van der Waals surface area contributed by atoms with Crippen LogP contribution in [-0.4, -0.2) is 19.6 Å². The Morgan fingerprint density at radius 2 is 2.15 bits per heavy atom. The van der Waals surface area contributed by atoms with Crippen LogP contribution in [0.15, 0.2) is 49.1 Å². The highest BCUT2D eigenvalue weighted by Crippen LogP contribution is 2.45. The number of ether oxygens (including phenoxy) is 1. The number of nitrogens with one attached hydrogen (secondary N) is 1. The molecular weight excluding hydrogens is 328 g/mol. The van der Waals surface area contributed by atoms with E-state index in [1.165, 1.54) is 0 Å². The first-order valence-electron chi connectivity index (χ1n) is 8.59. The van der Waals surface area contributed by atoms with Crippen molar-refractivity contribution in [3.63, 3.8) is 0 Å². The maximum Gasteiger partial charge on any atom is 0.228 e. The molecule has 0 saturated carbocycles. The van der Waals surface area contributed by atoms with Crippen molar-refractivity contribution in [2.45, 2.75) is 26.3 Å². The van der Waals surface area contributed by atoms with E-state index in [4.69, 9.17) is 10.1 Å². The Bertz CT molecular complexity index is 1010. The van der Waals surface area contributed by atoms with E-state index in [0.717, 1.165) is 16.7 Å². The van der Waals surface area contributed by atoms with Gasteiger partial charge in [-0.05, 0) is 23.6 Å². The van der Waals surface area contributed by atoms with Crippen molar-refractivity contribution in [3.8, 4) is 17.4 Å². The highest BCUT2D eigenvalue weighted by molar-refractivity contribution is 5.56. The van der Waals surface area contributed by atoms with Crippen molar-refractivity contribution in [1.29, 1.82) is 5.41 Å². The van der Waals surface area contributed by atoms with E-state index in [0.29, 0.717) is 29.6 Å². The standard InChI is InChI=1S/C20H20N4O2/c1-12(2)10-24-11-23-20-18(19(24)21)17(13-4-3-7-22-9-13)15-6-5-14(25)8-16(15)26-20/h3-9,11-12,17,21,25H,10H2,1-2H3. The van der Waals surface area contributed by atoms with Gasteiger partial charge in [0.15, 0.2) is 0 Å². The maximum absolute atomic E-state index is 9.84. The fourth-order valence-electron chi connectivity index (χ4n) is 3.38. The Balaban J connectivity index is 1.96. The van der Waals surface area contributed by atoms with Crippen LogP contribution in [0.5, 0.6) is 17.4 Å². The molecule has 0 bridgehead atoms. The molecule has 0 fully saturated rings. The minimum atomic E-state index is -0.220. The summed E-state index contributed by atoms with van der Waals surface area (Å²) in [5.41, 5.74) is 2.96. The Labute approximate surface area is 151 Å². The topological polar surface area (TPSA) is 84.0 Å². The summed E-state index contributed by atoms with van der Waals surface area (Å²) in [6.07, 6.45) is 5.18. The van der Waals surface area contributed by atoms with Gasteiger partial charge in [-0.15, -0.1) is 0 Å². The van der Waals surface area contributed by atoms with Gasteiger partial charge in [0.05, 0.1) is 5.56 Å². The first-order chi connectivity index (χ1) is 12.5. The van der Waals surface area contributed by atoms with Gasteiger partial charge in [0, 0.05) is 36.5 Å². The SMILES string of the molecule is CC(C)Cn1cnc2c(c1=N)C(c1cccnc1)c1ccc(O)cc1O2. The third-order valence-electron chi connectivity index (χ3n) is 4.47. The molecule has 26 heavy (non-hydrogen) atoms. The second-order valence-corrected chi connectivity index (χ2v) is 6.90. The first-order valence-corrected chi connectivity index (χ1v) is 8.59. The van der Waals surface area contributed by atoms with Crippen LogP contribution in [0.25, 0.3) is 0 Å². The molecule has 2 aromatic heterocycles. The van der Waals surface area contributed by atoms with Gasteiger partial charge >= 0.3 is 0 Å². The molecule has 2 N–H and O–H groups in total. The number of hydrogen-bond acceptors (Lipinski definition) is 5. The van der Waals surface area contributed by atoms with Crippen LogP contribution in [-0.2, 0) is 6.54 Å². The number of fused-ring (bicyclic) bond motifs is 2. The van der Waals surface area contributed by atoms with Gasteiger partial charge in [-0.2, -0.15) is 0 Å². The van der Waals surface area contributed by atoms with E-state index in [-0.39, 0.29) is 11.7 Å². The van der Waals surface area contributed by atoms with E-state index < -0.39 is 0 Å². The zero-order valence-corrected chi connectivity index (χ0v) is 14.7. The molecule has 0 amide bonds. The molecule has 1 aromatic carbocycles. The smallest absolute Gasteiger partial charge is 0.228 e. The molecule has 1 atom stereocenters. The molecule has 3 heterocycles. The summed E-state index contributed by atoms with van der Waals surface area (Å²) in [7, 11) is 0. The molecule has 6 heteroatoms. The number of rotatable bonds is 3. The van der Waals surface area contributed by atoms with Gasteiger partial charge in [0.25, 0.3) is 0 Å². The predicted molar refractivity (Wildman–Crippen MR) is 96.3 cm³/mol. The number of benzene rings is 1. The van der Waals surface area contributed by atoms with Crippen molar-refractivity contribution < 1.29 is 9.84 Å². The highest BCUT2D eigenvalue weighted by Gasteiger charge is 2.32. The molecule has 1 unspecified atom stereocenters. The van der Waals surface area contributed by atoms with Crippen molar-refractivity contribution in [2.24, 2.45) is 5.92 Å². The lowest BCUT2D eigenvalue weighted by Gasteiger charge is -2.28. The Morgan fingerprint density at radius 3 is 2.88 bits per heavy atom. The van der Waals surface area contributed by atoms with Crippen LogP contribution < -0.4 is 10.2 Å². The molecule has 3 aromatic rings. The fraction of sp³-hybridized carbons (Fsp3) is 0.250. The zero-order chi connectivity index (χ0) is 18.3. The quantitative estimate of drug-likeness (QED) is 0.594. The molecule has 0 spiro atoms.